The standard InChI is InChI=1S/C16H19N3O4S/c1-18-5-7-19(8-6-18)16(21)15(20)13-10-17-14-9-11(24(2,22)23)3-4-12(13)14/h3-4,9-10,17H,5-8H2,1-2H3. The summed E-state index contributed by atoms with van der Waals surface area (Å²) in [6.45, 7) is 2.54. The fourth-order valence-corrected chi connectivity index (χ4v) is 3.44. The number of piperazine rings is 1. The van der Waals surface area contributed by atoms with Crippen molar-refractivity contribution in [1.82, 2.24) is 14.8 Å². The molecule has 1 aliphatic heterocycles. The normalized spacial score (nSPS) is 16.5. The van der Waals surface area contributed by atoms with E-state index in [0.29, 0.717) is 24.0 Å². The lowest BCUT2D eigenvalue weighted by molar-refractivity contribution is -0.127. The highest BCUT2D eigenvalue weighted by Gasteiger charge is 2.27. The molecule has 1 aliphatic rings. The number of amides is 1. The molecule has 0 bridgehead atoms. The second-order valence-electron chi connectivity index (χ2n) is 6.11. The molecule has 7 nitrogen and oxygen atoms in total. The van der Waals surface area contributed by atoms with Crippen molar-refractivity contribution in [3.05, 3.63) is 30.0 Å². The highest BCUT2D eigenvalue weighted by molar-refractivity contribution is 7.90. The third-order valence-electron chi connectivity index (χ3n) is 4.31. The summed E-state index contributed by atoms with van der Waals surface area (Å²) in [5.41, 5.74) is 0.793. The number of hydrogen-bond donors (Lipinski definition) is 1. The van der Waals surface area contributed by atoms with Crippen molar-refractivity contribution in [2.45, 2.75) is 4.90 Å². The van der Waals surface area contributed by atoms with Gasteiger partial charge in [-0.05, 0) is 19.2 Å². The number of sulfone groups is 1. The summed E-state index contributed by atoms with van der Waals surface area (Å²) in [6, 6.07) is 4.48. The number of H-pyrrole nitrogens is 1. The van der Waals surface area contributed by atoms with Gasteiger partial charge in [-0.1, -0.05) is 6.07 Å². The van der Waals surface area contributed by atoms with Gasteiger partial charge in [0.25, 0.3) is 11.7 Å². The molecular formula is C16H19N3O4S. The average molecular weight is 349 g/mol. The molecule has 0 radical (unpaired) electrons. The average Bonchev–Trinajstić information content (AvgIpc) is 2.96. The van der Waals surface area contributed by atoms with E-state index in [1.165, 1.54) is 18.3 Å². The third-order valence-corrected chi connectivity index (χ3v) is 5.42. The molecule has 128 valence electrons. The summed E-state index contributed by atoms with van der Waals surface area (Å²) in [5.74, 6) is -1.09. The Labute approximate surface area is 140 Å². The maximum atomic E-state index is 12.5. The van der Waals surface area contributed by atoms with Crippen LogP contribution in [0.2, 0.25) is 0 Å². The van der Waals surface area contributed by atoms with Crippen LogP contribution in [0.4, 0.5) is 0 Å². The van der Waals surface area contributed by atoms with Gasteiger partial charge in [0.2, 0.25) is 0 Å². The Morgan fingerprint density at radius 1 is 1.12 bits per heavy atom. The van der Waals surface area contributed by atoms with Crippen molar-refractivity contribution in [2.75, 3.05) is 39.5 Å². The monoisotopic (exact) mass is 349 g/mol. The van der Waals surface area contributed by atoms with E-state index in [4.69, 9.17) is 0 Å². The number of fused-ring (bicyclic) bond motifs is 1. The van der Waals surface area contributed by atoms with Crippen molar-refractivity contribution in [1.29, 1.82) is 0 Å². The van der Waals surface area contributed by atoms with Crippen molar-refractivity contribution < 1.29 is 18.0 Å². The Hall–Kier alpha value is -2.19. The van der Waals surface area contributed by atoms with Crippen LogP contribution < -0.4 is 0 Å². The number of hydrogen-bond acceptors (Lipinski definition) is 5. The van der Waals surface area contributed by atoms with Crippen LogP contribution in [0.25, 0.3) is 10.9 Å². The van der Waals surface area contributed by atoms with Crippen molar-refractivity contribution >= 4 is 32.4 Å². The molecule has 1 N–H and O–H groups in total. The molecule has 1 aromatic heterocycles. The number of carbonyl (C=O) groups excluding carboxylic acids is 2. The fourth-order valence-electron chi connectivity index (χ4n) is 2.79. The van der Waals surface area contributed by atoms with Crippen LogP contribution in [0, 0.1) is 0 Å². The number of aromatic nitrogens is 1. The first-order valence-electron chi connectivity index (χ1n) is 7.61. The minimum absolute atomic E-state index is 0.168. The van der Waals surface area contributed by atoms with Crippen LogP contribution in [-0.2, 0) is 14.6 Å². The number of rotatable bonds is 3. The van der Waals surface area contributed by atoms with E-state index in [0.717, 1.165) is 19.3 Å². The summed E-state index contributed by atoms with van der Waals surface area (Å²) in [7, 11) is -1.35. The minimum Gasteiger partial charge on any atom is -0.360 e. The molecule has 0 aliphatic carbocycles. The zero-order valence-electron chi connectivity index (χ0n) is 13.6. The number of benzene rings is 1. The van der Waals surface area contributed by atoms with E-state index in [2.05, 4.69) is 9.88 Å². The van der Waals surface area contributed by atoms with E-state index < -0.39 is 21.5 Å². The molecule has 1 saturated heterocycles. The molecule has 1 amide bonds. The van der Waals surface area contributed by atoms with Gasteiger partial charge in [-0.25, -0.2) is 8.42 Å². The Morgan fingerprint density at radius 3 is 2.42 bits per heavy atom. The van der Waals surface area contributed by atoms with E-state index >= 15 is 0 Å². The molecule has 1 aromatic carbocycles. The topological polar surface area (TPSA) is 90.6 Å². The van der Waals surface area contributed by atoms with Crippen molar-refractivity contribution in [3.63, 3.8) is 0 Å². The van der Waals surface area contributed by atoms with Gasteiger partial charge in [0.1, 0.15) is 0 Å². The smallest absolute Gasteiger partial charge is 0.295 e. The van der Waals surface area contributed by atoms with Gasteiger partial charge in [0.05, 0.1) is 10.5 Å². The number of carbonyl (C=O) groups is 2. The molecule has 24 heavy (non-hydrogen) atoms. The van der Waals surface area contributed by atoms with E-state index in [1.54, 1.807) is 11.0 Å². The highest BCUT2D eigenvalue weighted by Crippen LogP contribution is 2.23. The number of ketones is 1. The van der Waals surface area contributed by atoms with Gasteiger partial charge in [0.15, 0.2) is 9.84 Å². The van der Waals surface area contributed by atoms with E-state index in [9.17, 15) is 18.0 Å². The van der Waals surface area contributed by atoms with Gasteiger partial charge >= 0.3 is 0 Å². The molecular weight excluding hydrogens is 330 g/mol. The summed E-state index contributed by atoms with van der Waals surface area (Å²) >= 11 is 0. The van der Waals surface area contributed by atoms with Gasteiger partial charge in [-0.3, -0.25) is 9.59 Å². The van der Waals surface area contributed by atoms with Gasteiger partial charge < -0.3 is 14.8 Å². The molecule has 0 saturated carbocycles. The predicted molar refractivity (Wildman–Crippen MR) is 89.8 cm³/mol. The Morgan fingerprint density at radius 2 is 1.79 bits per heavy atom. The molecule has 1 fully saturated rings. The van der Waals surface area contributed by atoms with Crippen LogP contribution in [0.5, 0.6) is 0 Å². The molecule has 0 atom stereocenters. The van der Waals surface area contributed by atoms with Crippen LogP contribution in [-0.4, -0.2) is 74.4 Å². The summed E-state index contributed by atoms with van der Waals surface area (Å²) in [5, 5.41) is 0.551. The Bertz CT molecular complexity index is 909. The molecule has 8 heteroatoms. The third kappa shape index (κ3) is 3.07. The molecule has 2 heterocycles. The maximum Gasteiger partial charge on any atom is 0.295 e. The largest absolute Gasteiger partial charge is 0.360 e. The summed E-state index contributed by atoms with van der Waals surface area (Å²) in [6.07, 6.45) is 2.59. The van der Waals surface area contributed by atoms with Crippen LogP contribution in [0.15, 0.2) is 29.3 Å². The lowest BCUT2D eigenvalue weighted by Crippen LogP contribution is -2.49. The van der Waals surface area contributed by atoms with Gasteiger partial charge in [-0.2, -0.15) is 0 Å². The van der Waals surface area contributed by atoms with Crippen LogP contribution in [0.1, 0.15) is 10.4 Å². The first-order chi connectivity index (χ1) is 11.3. The maximum absolute atomic E-state index is 12.5. The second kappa shape index (κ2) is 6.03. The molecule has 3 rings (SSSR count). The molecule has 2 aromatic rings. The highest BCUT2D eigenvalue weighted by atomic mass is 32.2. The predicted octanol–water partition coefficient (Wildman–Crippen LogP) is 0.528. The number of nitrogens with zero attached hydrogens (tertiary/aromatic N) is 2. The van der Waals surface area contributed by atoms with Crippen LogP contribution >= 0.6 is 0 Å². The van der Waals surface area contributed by atoms with Crippen molar-refractivity contribution in [2.24, 2.45) is 0 Å². The lowest BCUT2D eigenvalue weighted by Gasteiger charge is -2.31. The lowest BCUT2D eigenvalue weighted by atomic mass is 10.1. The molecule has 0 unspecified atom stereocenters. The zero-order valence-corrected chi connectivity index (χ0v) is 14.4. The quantitative estimate of drug-likeness (QED) is 0.645. The first-order valence-corrected chi connectivity index (χ1v) is 9.50. The van der Waals surface area contributed by atoms with E-state index in [-0.39, 0.29) is 10.5 Å². The number of likely N-dealkylation sites (N-methyl/N-ethyl adjacent to an activating group) is 1. The second-order valence-corrected chi connectivity index (χ2v) is 8.12. The summed E-state index contributed by atoms with van der Waals surface area (Å²) < 4.78 is 23.2. The zero-order chi connectivity index (χ0) is 17.5. The number of Topliss-reactive ketones (excluding diaryl/α,β-unsaturated/α-hetero) is 1. The SMILES string of the molecule is CN1CCN(C(=O)C(=O)c2c[nH]c3cc(S(C)(=O)=O)ccc23)CC1. The first kappa shape index (κ1) is 16.7. The molecule has 0 spiro atoms. The minimum atomic E-state index is -3.33. The summed E-state index contributed by atoms with van der Waals surface area (Å²) in [4.78, 5) is 31.7. The Balaban J connectivity index is 1.89. The Kier molecular flexibility index (Phi) is 4.18. The van der Waals surface area contributed by atoms with Gasteiger partial charge in [-0.15, -0.1) is 0 Å². The van der Waals surface area contributed by atoms with Crippen LogP contribution in [0.3, 0.4) is 0 Å². The van der Waals surface area contributed by atoms with Gasteiger partial charge in [0, 0.05) is 49.5 Å². The van der Waals surface area contributed by atoms with Crippen molar-refractivity contribution in [3.8, 4) is 0 Å². The van der Waals surface area contributed by atoms with E-state index in [1.807, 2.05) is 7.05 Å². The fraction of sp³-hybridized carbons (Fsp3) is 0.375. The number of aromatic amines is 1. The number of nitrogens with one attached hydrogen (secondary N) is 1.